The van der Waals surface area contributed by atoms with E-state index in [2.05, 4.69) is 18.7 Å². The molecule has 0 aliphatic heterocycles. The normalized spacial score (nSPS) is 10.3. The van der Waals surface area contributed by atoms with E-state index in [1.807, 2.05) is 12.1 Å². The Morgan fingerprint density at radius 3 is 2.35 bits per heavy atom. The molecular formula is C13H20ClN3. The largest absolute Gasteiger partial charge is 0.384 e. The average Bonchev–Trinajstić information content (AvgIpc) is 2.28. The van der Waals surface area contributed by atoms with Crippen molar-refractivity contribution in [2.24, 2.45) is 5.73 Å². The molecule has 0 unspecified atom stereocenters. The average molecular weight is 254 g/mol. The van der Waals surface area contributed by atoms with Crippen LogP contribution in [0.5, 0.6) is 0 Å². The molecule has 94 valence electrons. The number of rotatable bonds is 6. The topological polar surface area (TPSA) is 53.1 Å². The van der Waals surface area contributed by atoms with E-state index in [1.165, 1.54) is 0 Å². The molecule has 1 aromatic carbocycles. The van der Waals surface area contributed by atoms with Gasteiger partial charge < -0.3 is 10.6 Å². The number of nitrogens with two attached hydrogens (primary N) is 1. The second-order valence-corrected chi connectivity index (χ2v) is 4.50. The van der Waals surface area contributed by atoms with E-state index in [0.29, 0.717) is 5.02 Å². The van der Waals surface area contributed by atoms with Crippen molar-refractivity contribution in [2.75, 3.05) is 18.0 Å². The fourth-order valence-corrected chi connectivity index (χ4v) is 2.05. The highest BCUT2D eigenvalue weighted by Gasteiger charge is 2.12. The molecule has 0 aliphatic carbocycles. The van der Waals surface area contributed by atoms with Crippen LogP contribution in [0.1, 0.15) is 32.3 Å². The van der Waals surface area contributed by atoms with Crippen molar-refractivity contribution in [3.63, 3.8) is 0 Å². The minimum Gasteiger partial charge on any atom is -0.384 e. The molecule has 0 aliphatic rings. The zero-order chi connectivity index (χ0) is 12.8. The highest BCUT2D eigenvalue weighted by atomic mass is 35.5. The summed E-state index contributed by atoms with van der Waals surface area (Å²) in [6.45, 7) is 6.18. The van der Waals surface area contributed by atoms with Crippen molar-refractivity contribution < 1.29 is 0 Å². The van der Waals surface area contributed by atoms with Gasteiger partial charge in [0.2, 0.25) is 0 Å². The Bertz CT molecular complexity index is 384. The third-order valence-electron chi connectivity index (χ3n) is 2.58. The lowest BCUT2D eigenvalue weighted by Gasteiger charge is -2.26. The summed E-state index contributed by atoms with van der Waals surface area (Å²) in [7, 11) is 0. The van der Waals surface area contributed by atoms with Crippen LogP contribution in [-0.2, 0) is 0 Å². The first-order valence-electron chi connectivity index (χ1n) is 5.99. The molecule has 0 aromatic heterocycles. The maximum absolute atomic E-state index is 7.61. The number of nitrogens with zero attached hydrogens (tertiary/aromatic N) is 1. The Labute approximate surface area is 108 Å². The van der Waals surface area contributed by atoms with Gasteiger partial charge in [0, 0.05) is 29.4 Å². The van der Waals surface area contributed by atoms with E-state index in [9.17, 15) is 0 Å². The second kappa shape index (κ2) is 6.50. The van der Waals surface area contributed by atoms with Crippen LogP contribution < -0.4 is 10.6 Å². The molecule has 1 rings (SSSR count). The number of hydrogen-bond acceptors (Lipinski definition) is 2. The molecule has 3 nitrogen and oxygen atoms in total. The minimum absolute atomic E-state index is 0.0915. The Morgan fingerprint density at radius 2 is 1.88 bits per heavy atom. The van der Waals surface area contributed by atoms with Gasteiger partial charge in [-0.2, -0.15) is 0 Å². The van der Waals surface area contributed by atoms with Gasteiger partial charge in [0.1, 0.15) is 5.84 Å². The van der Waals surface area contributed by atoms with Gasteiger partial charge in [-0.1, -0.05) is 25.4 Å². The first-order valence-corrected chi connectivity index (χ1v) is 6.36. The maximum Gasteiger partial charge on any atom is 0.124 e. The molecular weight excluding hydrogens is 234 g/mol. The van der Waals surface area contributed by atoms with Crippen molar-refractivity contribution in [3.05, 3.63) is 28.8 Å². The highest BCUT2D eigenvalue weighted by Crippen LogP contribution is 2.25. The van der Waals surface area contributed by atoms with Crippen LogP contribution in [0.15, 0.2) is 18.2 Å². The smallest absolute Gasteiger partial charge is 0.124 e. The molecule has 1 aromatic rings. The van der Waals surface area contributed by atoms with Gasteiger partial charge in [0.15, 0.2) is 0 Å². The summed E-state index contributed by atoms with van der Waals surface area (Å²) in [4.78, 5) is 2.24. The van der Waals surface area contributed by atoms with E-state index < -0.39 is 0 Å². The molecule has 0 saturated carbocycles. The third kappa shape index (κ3) is 3.63. The van der Waals surface area contributed by atoms with E-state index in [1.54, 1.807) is 6.07 Å². The predicted molar refractivity (Wildman–Crippen MR) is 75.3 cm³/mol. The molecule has 0 bridgehead atoms. The summed E-state index contributed by atoms with van der Waals surface area (Å²) < 4.78 is 0. The van der Waals surface area contributed by atoms with Crippen molar-refractivity contribution in [1.82, 2.24) is 0 Å². The molecule has 3 N–H and O–H groups in total. The summed E-state index contributed by atoms with van der Waals surface area (Å²) in [5.41, 5.74) is 7.34. The third-order valence-corrected chi connectivity index (χ3v) is 2.81. The quantitative estimate of drug-likeness (QED) is 0.604. The van der Waals surface area contributed by atoms with E-state index in [4.69, 9.17) is 22.7 Å². The van der Waals surface area contributed by atoms with Gasteiger partial charge >= 0.3 is 0 Å². The van der Waals surface area contributed by atoms with Crippen LogP contribution in [0, 0.1) is 5.41 Å². The number of hydrogen-bond donors (Lipinski definition) is 2. The standard InChI is InChI=1S/C13H20ClN3/c1-3-7-17(8-4-2)12-9-10(14)5-6-11(12)13(15)16/h5-6,9H,3-4,7-8H2,1-2H3,(H3,15,16). The minimum atomic E-state index is 0.0915. The van der Waals surface area contributed by atoms with Crippen LogP contribution in [0.4, 0.5) is 5.69 Å². The van der Waals surface area contributed by atoms with Gasteiger partial charge in [-0.15, -0.1) is 0 Å². The summed E-state index contributed by atoms with van der Waals surface area (Å²) in [5, 5.41) is 8.30. The molecule has 0 fully saturated rings. The summed E-state index contributed by atoms with van der Waals surface area (Å²) in [6.07, 6.45) is 2.12. The maximum atomic E-state index is 7.61. The fourth-order valence-electron chi connectivity index (χ4n) is 1.89. The zero-order valence-electron chi connectivity index (χ0n) is 10.5. The van der Waals surface area contributed by atoms with Crippen molar-refractivity contribution in [2.45, 2.75) is 26.7 Å². The number of amidine groups is 1. The first-order chi connectivity index (χ1) is 8.10. The molecule has 0 heterocycles. The number of nitrogens with one attached hydrogen (secondary N) is 1. The van der Waals surface area contributed by atoms with Crippen LogP contribution in [0.2, 0.25) is 5.02 Å². The van der Waals surface area contributed by atoms with Gasteiger partial charge in [0.05, 0.1) is 0 Å². The van der Waals surface area contributed by atoms with Crippen molar-refractivity contribution in [1.29, 1.82) is 5.41 Å². The lowest BCUT2D eigenvalue weighted by molar-refractivity contribution is 0.744. The van der Waals surface area contributed by atoms with Crippen molar-refractivity contribution >= 4 is 23.1 Å². The van der Waals surface area contributed by atoms with E-state index in [0.717, 1.165) is 37.2 Å². The van der Waals surface area contributed by atoms with Gasteiger partial charge in [-0.05, 0) is 31.0 Å². The van der Waals surface area contributed by atoms with Gasteiger partial charge in [-0.3, -0.25) is 5.41 Å². The highest BCUT2D eigenvalue weighted by molar-refractivity contribution is 6.31. The summed E-state index contributed by atoms with van der Waals surface area (Å²) >= 11 is 6.03. The molecule has 17 heavy (non-hydrogen) atoms. The van der Waals surface area contributed by atoms with Gasteiger partial charge in [-0.25, -0.2) is 0 Å². The van der Waals surface area contributed by atoms with Crippen LogP contribution in [-0.4, -0.2) is 18.9 Å². The Balaban J connectivity index is 3.14. The Morgan fingerprint density at radius 1 is 1.29 bits per heavy atom. The molecule has 0 radical (unpaired) electrons. The molecule has 0 amide bonds. The second-order valence-electron chi connectivity index (χ2n) is 4.06. The predicted octanol–water partition coefficient (Wildman–Crippen LogP) is 3.25. The lowest BCUT2D eigenvalue weighted by Crippen LogP contribution is -2.28. The van der Waals surface area contributed by atoms with E-state index in [-0.39, 0.29) is 5.84 Å². The van der Waals surface area contributed by atoms with Gasteiger partial charge in [0.25, 0.3) is 0 Å². The Hall–Kier alpha value is -1.22. The van der Waals surface area contributed by atoms with E-state index >= 15 is 0 Å². The zero-order valence-corrected chi connectivity index (χ0v) is 11.2. The first kappa shape index (κ1) is 13.8. The van der Waals surface area contributed by atoms with Crippen LogP contribution in [0.3, 0.4) is 0 Å². The lowest BCUT2D eigenvalue weighted by atomic mass is 10.1. The van der Waals surface area contributed by atoms with Crippen LogP contribution >= 0.6 is 11.6 Å². The molecule has 4 heteroatoms. The van der Waals surface area contributed by atoms with Crippen LogP contribution in [0.25, 0.3) is 0 Å². The monoisotopic (exact) mass is 253 g/mol. The van der Waals surface area contributed by atoms with Crippen molar-refractivity contribution in [3.8, 4) is 0 Å². The number of halogens is 1. The summed E-state index contributed by atoms with van der Waals surface area (Å²) in [5.74, 6) is 0.0915. The summed E-state index contributed by atoms with van der Waals surface area (Å²) in [6, 6.07) is 5.49. The number of anilines is 1. The SMILES string of the molecule is CCCN(CCC)c1cc(Cl)ccc1C(=N)N. The fraction of sp³-hybridized carbons (Fsp3) is 0.462. The number of benzene rings is 1. The molecule has 0 atom stereocenters. The molecule has 0 spiro atoms. The number of nitrogen functional groups attached to an aromatic ring is 1. The molecule has 0 saturated heterocycles. The Kier molecular flexibility index (Phi) is 5.29.